The van der Waals surface area contributed by atoms with E-state index < -0.39 is 4.87 Å². The molecule has 0 N–H and O–H groups in total. The number of benzene rings is 1. The van der Waals surface area contributed by atoms with E-state index in [1.807, 2.05) is 35.2 Å². The summed E-state index contributed by atoms with van der Waals surface area (Å²) in [5.41, 5.74) is 1.16. The fourth-order valence-corrected chi connectivity index (χ4v) is 4.14. The van der Waals surface area contributed by atoms with Gasteiger partial charge in [-0.25, -0.2) is 0 Å². The first-order valence-electron chi connectivity index (χ1n) is 6.71. The van der Waals surface area contributed by atoms with Crippen molar-refractivity contribution in [1.29, 1.82) is 0 Å². The third kappa shape index (κ3) is 2.25. The van der Waals surface area contributed by atoms with Crippen molar-refractivity contribution >= 4 is 29.1 Å². The van der Waals surface area contributed by atoms with Crippen LogP contribution in [0.4, 0.5) is 0 Å². The average Bonchev–Trinajstić information content (AvgIpc) is 2.86. The van der Waals surface area contributed by atoms with Gasteiger partial charge in [-0.1, -0.05) is 30.3 Å². The molecule has 19 heavy (non-hydrogen) atoms. The molecule has 0 spiro atoms. The van der Waals surface area contributed by atoms with Crippen LogP contribution < -0.4 is 0 Å². The maximum atomic E-state index is 12.5. The highest BCUT2D eigenvalue weighted by Gasteiger charge is 2.57. The molecular weight excluding hydrogens is 281 g/mol. The van der Waals surface area contributed by atoms with Crippen LogP contribution in [0.15, 0.2) is 30.3 Å². The van der Waals surface area contributed by atoms with Crippen LogP contribution in [-0.2, 0) is 11.3 Å². The maximum absolute atomic E-state index is 12.5. The molecule has 4 heteroatoms. The summed E-state index contributed by atoms with van der Waals surface area (Å²) >= 11 is 12.5. The van der Waals surface area contributed by atoms with E-state index in [-0.39, 0.29) is 11.8 Å². The van der Waals surface area contributed by atoms with E-state index >= 15 is 0 Å². The monoisotopic (exact) mass is 297 g/mol. The van der Waals surface area contributed by atoms with Gasteiger partial charge in [-0.05, 0) is 24.3 Å². The van der Waals surface area contributed by atoms with Gasteiger partial charge in [0.05, 0.1) is 0 Å². The summed E-state index contributed by atoms with van der Waals surface area (Å²) in [4.78, 5) is 13.7. The molecule has 3 atom stereocenters. The van der Waals surface area contributed by atoms with Crippen molar-refractivity contribution in [2.24, 2.45) is 11.8 Å². The Balaban J connectivity index is 1.74. The molecule has 1 aliphatic heterocycles. The fraction of sp³-hybridized carbons (Fsp3) is 0.533. The lowest BCUT2D eigenvalue weighted by atomic mass is 9.99. The van der Waals surface area contributed by atoms with Crippen molar-refractivity contribution in [2.45, 2.75) is 24.3 Å². The highest BCUT2D eigenvalue weighted by molar-refractivity contribution is 6.36. The molecule has 0 aromatic heterocycles. The Morgan fingerprint density at radius 3 is 2.68 bits per heavy atom. The first-order valence-corrected chi connectivity index (χ1v) is 7.63. The van der Waals surface area contributed by atoms with Gasteiger partial charge in [-0.2, -0.15) is 0 Å². The zero-order chi connectivity index (χ0) is 13.5. The lowest BCUT2D eigenvalue weighted by Gasteiger charge is -2.21. The van der Waals surface area contributed by atoms with E-state index in [4.69, 9.17) is 23.2 Å². The van der Waals surface area contributed by atoms with Crippen molar-refractivity contribution in [3.63, 3.8) is 0 Å². The molecule has 3 rings (SSSR count). The predicted molar refractivity (Wildman–Crippen MR) is 77.4 cm³/mol. The number of carbonyl (C=O) groups is 1. The van der Waals surface area contributed by atoms with Gasteiger partial charge >= 0.3 is 0 Å². The highest BCUT2D eigenvalue weighted by atomic mass is 35.5. The van der Waals surface area contributed by atoms with Gasteiger partial charge in [0.2, 0.25) is 5.91 Å². The van der Waals surface area contributed by atoms with Gasteiger partial charge in [0.25, 0.3) is 0 Å². The van der Waals surface area contributed by atoms with E-state index in [0.29, 0.717) is 18.3 Å². The predicted octanol–water partition coefficient (Wildman–Crippen LogP) is 3.27. The molecule has 0 unspecified atom stereocenters. The average molecular weight is 298 g/mol. The number of halogens is 2. The number of hydrogen-bond donors (Lipinski definition) is 0. The Bertz CT molecular complexity index is 478. The lowest BCUT2D eigenvalue weighted by Crippen LogP contribution is -2.36. The Kier molecular flexibility index (Phi) is 3.48. The van der Waals surface area contributed by atoms with E-state index in [1.54, 1.807) is 0 Å². The van der Waals surface area contributed by atoms with Crippen molar-refractivity contribution in [2.75, 3.05) is 12.4 Å². The third-order valence-electron chi connectivity index (χ3n) is 4.37. The van der Waals surface area contributed by atoms with E-state index in [0.717, 1.165) is 24.9 Å². The summed E-state index contributed by atoms with van der Waals surface area (Å²) in [6, 6.07) is 10.1. The third-order valence-corrected chi connectivity index (χ3v) is 5.43. The summed E-state index contributed by atoms with van der Waals surface area (Å²) in [5, 5.41) is 0. The molecule has 1 aromatic rings. The molecule has 1 aromatic carbocycles. The summed E-state index contributed by atoms with van der Waals surface area (Å²) in [5.74, 6) is 1.36. The van der Waals surface area contributed by atoms with Gasteiger partial charge in [-0.15, -0.1) is 23.2 Å². The van der Waals surface area contributed by atoms with Crippen LogP contribution in [0, 0.1) is 11.8 Å². The van der Waals surface area contributed by atoms with E-state index in [2.05, 4.69) is 0 Å². The van der Waals surface area contributed by atoms with Crippen molar-refractivity contribution in [3.05, 3.63) is 35.9 Å². The topological polar surface area (TPSA) is 20.3 Å². The molecule has 1 saturated carbocycles. The quantitative estimate of drug-likeness (QED) is 0.784. The Morgan fingerprint density at radius 1 is 1.32 bits per heavy atom. The fourth-order valence-electron chi connectivity index (χ4n) is 3.41. The van der Waals surface area contributed by atoms with Crippen molar-refractivity contribution in [1.82, 2.24) is 4.90 Å². The number of rotatable bonds is 3. The molecule has 2 nitrogen and oxygen atoms in total. The molecule has 2 aliphatic rings. The molecule has 1 heterocycles. The minimum Gasteiger partial charge on any atom is -0.336 e. The van der Waals surface area contributed by atoms with Crippen molar-refractivity contribution < 1.29 is 4.79 Å². The Labute approximate surface area is 123 Å². The standard InChI is InChI=1S/C15H17Cl2NO/c16-8-12-6-13-10-18(14(19)15(13,17)7-12)9-11-4-2-1-3-5-11/h1-5,12-13H,6-10H2/t12-,13+,15-/m1/s1. The van der Waals surface area contributed by atoms with E-state index in [9.17, 15) is 4.79 Å². The molecule has 102 valence electrons. The van der Waals surface area contributed by atoms with Gasteiger partial charge in [0.1, 0.15) is 4.87 Å². The highest BCUT2D eigenvalue weighted by Crippen LogP contribution is 2.50. The molecule has 1 amide bonds. The number of fused-ring (bicyclic) bond motifs is 1. The van der Waals surface area contributed by atoms with Crippen LogP contribution in [0.25, 0.3) is 0 Å². The summed E-state index contributed by atoms with van der Waals surface area (Å²) < 4.78 is 0. The smallest absolute Gasteiger partial charge is 0.244 e. The van der Waals surface area contributed by atoms with Gasteiger partial charge in [0.15, 0.2) is 0 Å². The van der Waals surface area contributed by atoms with Crippen molar-refractivity contribution in [3.8, 4) is 0 Å². The van der Waals surface area contributed by atoms with Gasteiger partial charge < -0.3 is 4.90 Å². The molecular formula is C15H17Cl2NO. The molecule has 0 radical (unpaired) electrons. The number of amides is 1. The Morgan fingerprint density at radius 2 is 2.05 bits per heavy atom. The normalized spacial score (nSPS) is 33.8. The number of carbonyl (C=O) groups excluding carboxylic acids is 1. The van der Waals surface area contributed by atoms with Gasteiger partial charge in [-0.3, -0.25) is 4.79 Å². The second-order valence-corrected chi connectivity index (χ2v) is 6.67. The zero-order valence-electron chi connectivity index (χ0n) is 10.7. The first kappa shape index (κ1) is 13.3. The molecule has 2 fully saturated rings. The second-order valence-electron chi connectivity index (χ2n) is 5.69. The zero-order valence-corrected chi connectivity index (χ0v) is 12.2. The summed E-state index contributed by atoms with van der Waals surface area (Å²) in [6.45, 7) is 1.43. The number of likely N-dealkylation sites (tertiary alicyclic amines) is 1. The lowest BCUT2D eigenvalue weighted by molar-refractivity contribution is -0.130. The first-order chi connectivity index (χ1) is 9.13. The van der Waals surface area contributed by atoms with Crippen LogP contribution in [0.1, 0.15) is 18.4 Å². The largest absolute Gasteiger partial charge is 0.336 e. The number of alkyl halides is 2. The summed E-state index contributed by atoms with van der Waals surface area (Å²) in [6.07, 6.45) is 1.71. The van der Waals surface area contributed by atoms with Crippen LogP contribution in [0.5, 0.6) is 0 Å². The molecule has 1 saturated heterocycles. The minimum absolute atomic E-state index is 0.0932. The minimum atomic E-state index is -0.686. The molecule has 0 bridgehead atoms. The van der Waals surface area contributed by atoms with Gasteiger partial charge in [0, 0.05) is 24.9 Å². The van der Waals surface area contributed by atoms with Crippen LogP contribution >= 0.6 is 23.2 Å². The van der Waals surface area contributed by atoms with Crippen LogP contribution in [-0.4, -0.2) is 28.1 Å². The SMILES string of the molecule is O=C1N(Cc2ccccc2)C[C@@H]2C[C@@H](CCl)C[C@]12Cl. The second kappa shape index (κ2) is 4.99. The Hall–Kier alpha value is -0.730. The molecule has 1 aliphatic carbocycles. The van der Waals surface area contributed by atoms with Crippen LogP contribution in [0.2, 0.25) is 0 Å². The number of hydrogen-bond acceptors (Lipinski definition) is 1. The van der Waals surface area contributed by atoms with E-state index in [1.165, 1.54) is 0 Å². The number of nitrogens with zero attached hydrogens (tertiary/aromatic N) is 1. The maximum Gasteiger partial charge on any atom is 0.244 e. The summed E-state index contributed by atoms with van der Waals surface area (Å²) in [7, 11) is 0. The van der Waals surface area contributed by atoms with Crippen LogP contribution in [0.3, 0.4) is 0 Å².